The highest BCUT2D eigenvalue weighted by molar-refractivity contribution is 6.30. The highest BCUT2D eigenvalue weighted by Gasteiger charge is 2.20. The Balaban J connectivity index is 1.74. The number of halogens is 2. The van der Waals surface area contributed by atoms with Crippen molar-refractivity contribution in [1.82, 2.24) is 24.6 Å². The number of aromatic nitrogens is 5. The fourth-order valence-corrected chi connectivity index (χ4v) is 3.90. The Kier molecular flexibility index (Phi) is 5.03. The van der Waals surface area contributed by atoms with Crippen molar-refractivity contribution in [3.63, 3.8) is 0 Å². The van der Waals surface area contributed by atoms with Gasteiger partial charge in [0.1, 0.15) is 5.82 Å². The van der Waals surface area contributed by atoms with E-state index in [1.165, 1.54) is 16.6 Å². The van der Waals surface area contributed by atoms with Crippen LogP contribution in [-0.2, 0) is 6.42 Å². The lowest BCUT2D eigenvalue weighted by molar-refractivity contribution is 0.628. The topological polar surface area (TPSA) is 82.0 Å². The molecule has 0 bridgehead atoms. The second-order valence-corrected chi connectivity index (χ2v) is 7.89. The van der Waals surface area contributed by atoms with Crippen molar-refractivity contribution in [2.24, 2.45) is 0 Å². The highest BCUT2D eigenvalue weighted by atomic mass is 35.5. The molecule has 32 heavy (non-hydrogen) atoms. The molecule has 5 aromatic rings. The molecule has 2 N–H and O–H groups in total. The first kappa shape index (κ1) is 20.1. The number of rotatable bonds is 4. The van der Waals surface area contributed by atoms with Crippen LogP contribution < -0.4 is 5.73 Å². The third-order valence-electron chi connectivity index (χ3n) is 5.11. The smallest absolute Gasteiger partial charge is 0.223 e. The van der Waals surface area contributed by atoms with Crippen LogP contribution in [0.1, 0.15) is 17.1 Å². The third-order valence-corrected chi connectivity index (χ3v) is 5.34. The van der Waals surface area contributed by atoms with Gasteiger partial charge >= 0.3 is 0 Å². The largest absolute Gasteiger partial charge is 0.368 e. The fraction of sp³-hybridized carbons (Fsp3) is 0.0833. The van der Waals surface area contributed by atoms with E-state index in [9.17, 15) is 4.39 Å². The Morgan fingerprint density at radius 2 is 1.81 bits per heavy atom. The summed E-state index contributed by atoms with van der Waals surface area (Å²) in [6.07, 6.45) is 2.22. The molecule has 0 unspecified atom stereocenters. The molecule has 3 aromatic heterocycles. The predicted molar refractivity (Wildman–Crippen MR) is 123 cm³/mol. The van der Waals surface area contributed by atoms with Crippen molar-refractivity contribution in [2.75, 3.05) is 5.73 Å². The Morgan fingerprint density at radius 3 is 2.56 bits per heavy atom. The van der Waals surface area contributed by atoms with Crippen molar-refractivity contribution in [1.29, 1.82) is 0 Å². The zero-order valence-electron chi connectivity index (χ0n) is 17.1. The molecular weight excluding hydrogens is 427 g/mol. The lowest BCUT2D eigenvalue weighted by atomic mass is 10.0. The normalized spacial score (nSPS) is 11.2. The van der Waals surface area contributed by atoms with Gasteiger partial charge in [-0.2, -0.15) is 4.52 Å². The molecule has 2 aromatic carbocycles. The van der Waals surface area contributed by atoms with Gasteiger partial charge in [-0.05, 0) is 66.6 Å². The van der Waals surface area contributed by atoms with Gasteiger partial charge in [-0.1, -0.05) is 23.7 Å². The molecule has 0 aliphatic carbocycles. The summed E-state index contributed by atoms with van der Waals surface area (Å²) in [4.78, 5) is 13.7. The quantitative estimate of drug-likeness (QED) is 0.415. The average molecular weight is 445 g/mol. The molecule has 0 fully saturated rings. The fourth-order valence-electron chi connectivity index (χ4n) is 3.69. The predicted octanol–water partition coefficient (Wildman–Crippen LogP) is 5.13. The van der Waals surface area contributed by atoms with Crippen LogP contribution >= 0.6 is 11.6 Å². The van der Waals surface area contributed by atoms with Gasteiger partial charge < -0.3 is 5.73 Å². The molecule has 0 saturated carbocycles. The van der Waals surface area contributed by atoms with Gasteiger partial charge in [0.15, 0.2) is 11.5 Å². The lowest BCUT2D eigenvalue weighted by Crippen LogP contribution is -2.06. The van der Waals surface area contributed by atoms with Gasteiger partial charge in [0.2, 0.25) is 5.95 Å². The van der Waals surface area contributed by atoms with Crippen LogP contribution in [0, 0.1) is 12.7 Å². The Labute approximate surface area is 188 Å². The summed E-state index contributed by atoms with van der Waals surface area (Å²) in [5.74, 6) is 0.457. The number of pyridine rings is 1. The van der Waals surface area contributed by atoms with E-state index in [4.69, 9.17) is 22.3 Å². The zero-order chi connectivity index (χ0) is 22.2. The Hall–Kier alpha value is -3.84. The van der Waals surface area contributed by atoms with E-state index in [1.54, 1.807) is 18.3 Å². The van der Waals surface area contributed by atoms with Crippen molar-refractivity contribution < 1.29 is 4.39 Å². The second-order valence-electron chi connectivity index (χ2n) is 7.46. The minimum absolute atomic E-state index is 0.193. The third kappa shape index (κ3) is 3.78. The van der Waals surface area contributed by atoms with Crippen molar-refractivity contribution in [2.45, 2.75) is 13.3 Å². The molecule has 158 valence electrons. The summed E-state index contributed by atoms with van der Waals surface area (Å²) in [7, 11) is 0. The van der Waals surface area contributed by atoms with E-state index < -0.39 is 0 Å². The number of fused-ring (bicyclic) bond motifs is 1. The first-order valence-electron chi connectivity index (χ1n) is 9.96. The van der Waals surface area contributed by atoms with Crippen molar-refractivity contribution in [3.8, 4) is 22.4 Å². The van der Waals surface area contributed by atoms with Crippen LogP contribution in [0.5, 0.6) is 0 Å². The van der Waals surface area contributed by atoms with Gasteiger partial charge in [0, 0.05) is 28.9 Å². The molecular formula is C24H18ClFN6. The van der Waals surface area contributed by atoms with E-state index in [-0.39, 0.29) is 11.8 Å². The number of nitrogen functional groups attached to an aromatic ring is 1. The molecule has 0 spiro atoms. The standard InChI is InChI=1S/C24H18ClFN6/c1-14-11-17(9-10-28-14)21-22(16-5-7-19(26)8-6-16)30-24(27)32-23(21)29-20(31-32)13-15-3-2-4-18(25)12-15/h2-12H,13H2,1H3,(H2,27,30). The number of hydrogen-bond acceptors (Lipinski definition) is 5. The van der Waals surface area contributed by atoms with E-state index in [0.29, 0.717) is 28.6 Å². The summed E-state index contributed by atoms with van der Waals surface area (Å²) in [6.45, 7) is 1.91. The van der Waals surface area contributed by atoms with Gasteiger partial charge in [-0.3, -0.25) is 4.98 Å². The van der Waals surface area contributed by atoms with Crippen LogP contribution in [0.4, 0.5) is 10.3 Å². The second kappa shape index (κ2) is 8.01. The Bertz CT molecular complexity index is 1450. The molecule has 0 atom stereocenters. The molecule has 0 aliphatic rings. The SMILES string of the molecule is Cc1cc(-c2c(-c3ccc(F)cc3)nc(N)n3nc(Cc4cccc(Cl)c4)nc23)ccn1. The van der Waals surface area contributed by atoms with Crippen LogP contribution in [-0.4, -0.2) is 24.6 Å². The summed E-state index contributed by atoms with van der Waals surface area (Å²) in [6, 6.07) is 17.5. The minimum Gasteiger partial charge on any atom is -0.368 e. The zero-order valence-corrected chi connectivity index (χ0v) is 17.9. The molecule has 0 saturated heterocycles. The van der Waals surface area contributed by atoms with Crippen molar-refractivity contribution in [3.05, 3.63) is 94.8 Å². The number of nitrogens with zero attached hydrogens (tertiary/aromatic N) is 5. The Morgan fingerprint density at radius 1 is 1.00 bits per heavy atom. The molecule has 0 aliphatic heterocycles. The van der Waals surface area contributed by atoms with Gasteiger partial charge in [-0.15, -0.1) is 5.10 Å². The number of anilines is 1. The monoisotopic (exact) mass is 444 g/mol. The first-order chi connectivity index (χ1) is 15.5. The van der Waals surface area contributed by atoms with Crippen LogP contribution in [0.25, 0.3) is 28.0 Å². The maximum atomic E-state index is 13.6. The molecule has 6 nitrogen and oxygen atoms in total. The molecule has 5 rings (SSSR count). The van der Waals surface area contributed by atoms with E-state index in [2.05, 4.69) is 15.1 Å². The highest BCUT2D eigenvalue weighted by Crippen LogP contribution is 2.35. The van der Waals surface area contributed by atoms with Crippen LogP contribution in [0.2, 0.25) is 5.02 Å². The maximum absolute atomic E-state index is 13.6. The first-order valence-corrected chi connectivity index (χ1v) is 10.3. The van der Waals surface area contributed by atoms with E-state index in [1.807, 2.05) is 43.3 Å². The molecule has 0 radical (unpaired) electrons. The van der Waals surface area contributed by atoms with E-state index in [0.717, 1.165) is 27.9 Å². The van der Waals surface area contributed by atoms with Gasteiger partial charge in [0.25, 0.3) is 0 Å². The number of aryl methyl sites for hydroxylation is 1. The molecule has 0 amide bonds. The number of nitrogens with two attached hydrogens (primary N) is 1. The summed E-state index contributed by atoms with van der Waals surface area (Å²) >= 11 is 6.13. The number of benzene rings is 2. The van der Waals surface area contributed by atoms with Crippen LogP contribution in [0.15, 0.2) is 66.9 Å². The maximum Gasteiger partial charge on any atom is 0.223 e. The summed E-state index contributed by atoms with van der Waals surface area (Å²) in [5.41, 5.74) is 11.6. The van der Waals surface area contributed by atoms with Crippen molar-refractivity contribution >= 4 is 23.2 Å². The molecule has 3 heterocycles. The average Bonchev–Trinajstić information content (AvgIpc) is 3.18. The van der Waals surface area contributed by atoms with Crippen LogP contribution in [0.3, 0.4) is 0 Å². The summed E-state index contributed by atoms with van der Waals surface area (Å²) < 4.78 is 15.1. The van der Waals surface area contributed by atoms with E-state index >= 15 is 0 Å². The molecule has 8 heteroatoms. The lowest BCUT2D eigenvalue weighted by Gasteiger charge is -2.12. The minimum atomic E-state index is -0.324. The van der Waals surface area contributed by atoms with Gasteiger partial charge in [0.05, 0.1) is 11.3 Å². The summed E-state index contributed by atoms with van der Waals surface area (Å²) in [5, 5.41) is 5.25. The number of hydrogen-bond donors (Lipinski definition) is 1. The van der Waals surface area contributed by atoms with Gasteiger partial charge in [-0.25, -0.2) is 14.4 Å².